The maximum absolute atomic E-state index is 14.0. The highest BCUT2D eigenvalue weighted by Gasteiger charge is 2.24. The number of nitrogens with one attached hydrogen (secondary N) is 2. The van der Waals surface area contributed by atoms with Gasteiger partial charge >= 0.3 is 6.03 Å². The van der Waals surface area contributed by atoms with Gasteiger partial charge < -0.3 is 15.8 Å². The van der Waals surface area contributed by atoms with Gasteiger partial charge in [-0.3, -0.25) is 5.32 Å². The lowest BCUT2D eigenvalue weighted by molar-refractivity contribution is 0.251. The Hall–Kier alpha value is -4.11. The van der Waals surface area contributed by atoms with Crippen LogP contribution in [-0.4, -0.2) is 21.7 Å². The number of nitrogens with zero attached hydrogens (tertiary/aromatic N) is 3. The first-order valence-corrected chi connectivity index (χ1v) is 12.4. The van der Waals surface area contributed by atoms with Crippen LogP contribution in [0.15, 0.2) is 77.5 Å². The number of halogens is 2. The third-order valence-corrected chi connectivity index (χ3v) is 6.04. The molecule has 0 aliphatic carbocycles. The molecule has 0 bridgehead atoms. The first kappa shape index (κ1) is 28.5. The normalized spacial score (nSPS) is 12.0. The molecule has 0 fully saturated rings. The van der Waals surface area contributed by atoms with Gasteiger partial charge in [0, 0.05) is 29.7 Å². The van der Waals surface area contributed by atoms with Gasteiger partial charge in [-0.05, 0) is 49.9 Å². The van der Waals surface area contributed by atoms with Crippen LogP contribution in [0.4, 0.5) is 15.0 Å². The molecular weight excluding hydrogens is 507 g/mol. The highest BCUT2D eigenvalue weighted by atomic mass is 35.5. The van der Waals surface area contributed by atoms with E-state index in [2.05, 4.69) is 43.0 Å². The van der Waals surface area contributed by atoms with Gasteiger partial charge in [0.25, 0.3) is 0 Å². The Bertz CT molecular complexity index is 1360. The Labute approximate surface area is 227 Å². The number of anilines is 1. The summed E-state index contributed by atoms with van der Waals surface area (Å²) in [4.78, 5) is 16.9. The fourth-order valence-electron chi connectivity index (χ4n) is 3.40. The number of hydrogen-bond acceptors (Lipinski definition) is 5. The lowest BCUT2D eigenvalue weighted by atomic mass is 9.87. The van der Waals surface area contributed by atoms with E-state index in [1.54, 1.807) is 4.68 Å². The zero-order valence-electron chi connectivity index (χ0n) is 21.9. The number of carbonyl (C=O) groups excluding carboxylic acids is 1. The first-order chi connectivity index (χ1) is 18.0. The van der Waals surface area contributed by atoms with E-state index in [0.717, 1.165) is 23.4 Å². The fourth-order valence-corrected chi connectivity index (χ4v) is 3.48. The molecule has 2 amide bonds. The van der Waals surface area contributed by atoms with Crippen molar-refractivity contribution in [1.82, 2.24) is 15.1 Å². The van der Waals surface area contributed by atoms with Crippen LogP contribution in [0.25, 0.3) is 5.69 Å². The number of aryl methyl sites for hydroxylation is 1. The topological polar surface area (TPSA) is 107 Å². The zero-order chi connectivity index (χ0) is 27.9. The highest BCUT2D eigenvalue weighted by Crippen LogP contribution is 2.29. The zero-order valence-corrected chi connectivity index (χ0v) is 22.6. The lowest BCUT2D eigenvalue weighted by Gasteiger charge is -2.19. The van der Waals surface area contributed by atoms with E-state index >= 15 is 0 Å². The quantitative estimate of drug-likeness (QED) is 0.169. The van der Waals surface area contributed by atoms with E-state index in [1.165, 1.54) is 30.5 Å². The molecule has 4 N–H and O–H groups in total. The summed E-state index contributed by atoms with van der Waals surface area (Å²) in [5, 5.41) is 10.4. The number of amides is 2. The molecule has 0 unspecified atom stereocenters. The molecular formula is C28H32ClFN6O2. The number of ether oxygens (including phenoxy) is 1. The van der Waals surface area contributed by atoms with Crippen LogP contribution in [0, 0.1) is 12.7 Å². The van der Waals surface area contributed by atoms with Crippen molar-refractivity contribution in [3.8, 4) is 11.4 Å². The fraction of sp³-hybridized carbons (Fsp3) is 0.250. The van der Waals surface area contributed by atoms with Crippen molar-refractivity contribution < 1.29 is 13.9 Å². The van der Waals surface area contributed by atoms with Crippen LogP contribution in [0.5, 0.6) is 5.75 Å². The molecule has 1 heterocycles. The van der Waals surface area contributed by atoms with Crippen molar-refractivity contribution in [1.29, 1.82) is 0 Å². The number of rotatable bonds is 9. The van der Waals surface area contributed by atoms with Crippen LogP contribution in [0.2, 0.25) is 0 Å². The van der Waals surface area contributed by atoms with Crippen molar-refractivity contribution in [2.24, 2.45) is 10.7 Å². The number of benzene rings is 2. The number of hydrogen-bond donors (Lipinski definition) is 3. The van der Waals surface area contributed by atoms with Gasteiger partial charge in [-0.1, -0.05) is 56.6 Å². The Morgan fingerprint density at radius 1 is 1.26 bits per heavy atom. The third-order valence-electron chi connectivity index (χ3n) is 5.95. The standard InChI is InChI=1S/C28H32ClFN6O2/c1-6-28(4,5)24-16-25(36(35-24)22-10-7-18(2)8-11-22)34-27(37)32-17-20-15-21(30)9-12-23(20)38-26(13-14-31)33-19(3)29/h7-16H,3,6,17,31H2,1-2,4-5H3,(H2,32,34,37)/b14-13-,33-26?. The van der Waals surface area contributed by atoms with Gasteiger partial charge in [-0.15, -0.1) is 0 Å². The van der Waals surface area contributed by atoms with E-state index in [-0.39, 0.29) is 28.8 Å². The molecule has 3 rings (SSSR count). The predicted octanol–water partition coefficient (Wildman–Crippen LogP) is 6.29. The number of aromatic nitrogens is 2. The van der Waals surface area contributed by atoms with Gasteiger partial charge in [-0.25, -0.2) is 18.9 Å². The smallest absolute Gasteiger partial charge is 0.320 e. The molecule has 0 saturated carbocycles. The molecule has 0 aliphatic heterocycles. The average molecular weight is 539 g/mol. The molecule has 200 valence electrons. The van der Waals surface area contributed by atoms with Gasteiger partial charge in [0.1, 0.15) is 22.5 Å². The Morgan fingerprint density at radius 2 is 1.97 bits per heavy atom. The third kappa shape index (κ3) is 7.45. The summed E-state index contributed by atoms with van der Waals surface area (Å²) in [5.74, 6) is 0.325. The van der Waals surface area contributed by atoms with Crippen LogP contribution >= 0.6 is 11.6 Å². The van der Waals surface area contributed by atoms with Crippen molar-refractivity contribution in [2.45, 2.75) is 46.1 Å². The number of nitrogens with two attached hydrogens (primary N) is 1. The lowest BCUT2D eigenvalue weighted by Crippen LogP contribution is -2.29. The van der Waals surface area contributed by atoms with Crippen molar-refractivity contribution >= 4 is 29.3 Å². The molecule has 0 spiro atoms. The van der Waals surface area contributed by atoms with Gasteiger partial charge in [0.2, 0.25) is 5.90 Å². The molecule has 1 aromatic heterocycles. The second-order valence-corrected chi connectivity index (χ2v) is 9.68. The molecule has 0 aliphatic rings. The Morgan fingerprint density at radius 3 is 2.61 bits per heavy atom. The molecule has 8 nitrogen and oxygen atoms in total. The second kappa shape index (κ2) is 12.4. The summed E-state index contributed by atoms with van der Waals surface area (Å²) in [6, 6.07) is 13.1. The van der Waals surface area contributed by atoms with E-state index in [1.807, 2.05) is 37.3 Å². The number of urea groups is 1. The molecule has 0 atom stereocenters. The molecule has 10 heteroatoms. The van der Waals surface area contributed by atoms with Crippen molar-refractivity contribution in [2.75, 3.05) is 5.32 Å². The molecule has 38 heavy (non-hydrogen) atoms. The SMILES string of the molecule is C=C(Cl)N=C(/C=C\N)Oc1ccc(F)cc1CNC(=O)Nc1cc(C(C)(C)CC)nn1-c1ccc(C)cc1. The number of carbonyl (C=O) groups is 1. The minimum atomic E-state index is -0.501. The first-order valence-electron chi connectivity index (χ1n) is 12.0. The van der Waals surface area contributed by atoms with Crippen LogP contribution in [-0.2, 0) is 12.0 Å². The summed E-state index contributed by atoms with van der Waals surface area (Å²) in [7, 11) is 0. The predicted molar refractivity (Wildman–Crippen MR) is 150 cm³/mol. The summed E-state index contributed by atoms with van der Waals surface area (Å²) >= 11 is 5.75. The Kier molecular flexibility index (Phi) is 9.30. The monoisotopic (exact) mass is 538 g/mol. The van der Waals surface area contributed by atoms with E-state index in [0.29, 0.717) is 11.4 Å². The van der Waals surface area contributed by atoms with Crippen molar-refractivity contribution in [3.63, 3.8) is 0 Å². The Balaban J connectivity index is 1.83. The molecule has 0 saturated heterocycles. The van der Waals surface area contributed by atoms with E-state index in [9.17, 15) is 9.18 Å². The largest absolute Gasteiger partial charge is 0.439 e. The summed E-state index contributed by atoms with van der Waals surface area (Å²) in [6.07, 6.45) is 3.47. The minimum Gasteiger partial charge on any atom is -0.439 e. The van der Waals surface area contributed by atoms with E-state index < -0.39 is 11.8 Å². The van der Waals surface area contributed by atoms with Crippen molar-refractivity contribution in [3.05, 3.63) is 95.2 Å². The molecule has 2 aromatic carbocycles. The summed E-state index contributed by atoms with van der Waals surface area (Å²) in [6.45, 7) is 11.8. The van der Waals surface area contributed by atoms with Gasteiger partial charge in [-0.2, -0.15) is 5.10 Å². The van der Waals surface area contributed by atoms with Crippen LogP contribution in [0.3, 0.4) is 0 Å². The molecule has 3 aromatic rings. The number of aliphatic imine (C=N–C) groups is 1. The summed E-state index contributed by atoms with van der Waals surface area (Å²) < 4.78 is 21.5. The second-order valence-electron chi connectivity index (χ2n) is 9.25. The summed E-state index contributed by atoms with van der Waals surface area (Å²) in [5.41, 5.74) is 8.39. The van der Waals surface area contributed by atoms with Gasteiger partial charge in [0.15, 0.2) is 0 Å². The average Bonchev–Trinajstić information content (AvgIpc) is 3.29. The minimum absolute atomic E-state index is 0.0185. The van der Waals surface area contributed by atoms with Gasteiger partial charge in [0.05, 0.1) is 11.4 Å². The molecule has 0 radical (unpaired) electrons. The van der Waals surface area contributed by atoms with E-state index in [4.69, 9.17) is 27.2 Å². The van der Waals surface area contributed by atoms with Crippen LogP contribution < -0.4 is 21.1 Å². The maximum Gasteiger partial charge on any atom is 0.320 e. The highest BCUT2D eigenvalue weighted by molar-refractivity contribution is 6.29. The van der Waals surface area contributed by atoms with Crippen LogP contribution in [0.1, 0.15) is 44.0 Å². The maximum atomic E-state index is 14.0.